The molecule has 0 aromatic carbocycles. The highest BCUT2D eigenvalue weighted by Crippen LogP contribution is 2.26. The molecule has 1 aliphatic rings. The molecule has 4 nitrogen and oxygen atoms in total. The molecule has 0 fully saturated rings. The third-order valence-corrected chi connectivity index (χ3v) is 3.57. The normalized spacial score (nSPS) is 14.4. The van der Waals surface area contributed by atoms with Gasteiger partial charge in [-0.3, -0.25) is 4.79 Å². The van der Waals surface area contributed by atoms with E-state index in [1.54, 1.807) is 0 Å². The van der Waals surface area contributed by atoms with Crippen LogP contribution >= 0.6 is 0 Å². The van der Waals surface area contributed by atoms with Gasteiger partial charge in [-0.1, -0.05) is 41.5 Å². The summed E-state index contributed by atoms with van der Waals surface area (Å²) in [5.74, 6) is 1.64. The van der Waals surface area contributed by atoms with Crippen LogP contribution in [0.4, 0.5) is 0 Å². The predicted molar refractivity (Wildman–Crippen MR) is 86.4 cm³/mol. The van der Waals surface area contributed by atoms with E-state index in [1.165, 1.54) is 5.56 Å². The van der Waals surface area contributed by atoms with Gasteiger partial charge < -0.3 is 4.90 Å². The highest BCUT2D eigenvalue weighted by atomic mass is 16.1. The SMILES string of the molecule is CC.CC(C)c1nc2c(c(C(C)C)n1)CN(C=O)CCC2. The van der Waals surface area contributed by atoms with E-state index in [-0.39, 0.29) is 0 Å². The molecule has 0 saturated carbocycles. The number of fused-ring (bicyclic) bond motifs is 1. The fraction of sp³-hybridized carbons (Fsp3) is 0.706. The Morgan fingerprint density at radius 3 is 2.29 bits per heavy atom. The van der Waals surface area contributed by atoms with Crippen LogP contribution < -0.4 is 0 Å². The molecule has 1 aromatic heterocycles. The van der Waals surface area contributed by atoms with Gasteiger partial charge in [-0.2, -0.15) is 0 Å². The lowest BCUT2D eigenvalue weighted by Gasteiger charge is -2.19. The second-order valence-electron chi connectivity index (χ2n) is 5.88. The largest absolute Gasteiger partial charge is 0.341 e. The average molecular weight is 291 g/mol. The Morgan fingerprint density at radius 1 is 1.10 bits per heavy atom. The molecule has 2 rings (SSSR count). The van der Waals surface area contributed by atoms with Gasteiger partial charge in [-0.05, 0) is 18.8 Å². The molecule has 0 radical (unpaired) electrons. The molecule has 1 aromatic rings. The van der Waals surface area contributed by atoms with Gasteiger partial charge in [0.1, 0.15) is 5.82 Å². The highest BCUT2D eigenvalue weighted by Gasteiger charge is 2.22. The van der Waals surface area contributed by atoms with E-state index >= 15 is 0 Å². The Kier molecular flexibility index (Phi) is 6.79. The zero-order valence-corrected chi connectivity index (χ0v) is 14.3. The van der Waals surface area contributed by atoms with E-state index < -0.39 is 0 Å². The monoisotopic (exact) mass is 291 g/mol. The van der Waals surface area contributed by atoms with Crippen LogP contribution in [0.5, 0.6) is 0 Å². The maximum absolute atomic E-state index is 11.1. The van der Waals surface area contributed by atoms with Crippen molar-refractivity contribution >= 4 is 6.41 Å². The Bertz CT molecular complexity index is 469. The number of carbonyl (C=O) groups excluding carboxylic acids is 1. The summed E-state index contributed by atoms with van der Waals surface area (Å²) >= 11 is 0. The maximum atomic E-state index is 11.1. The van der Waals surface area contributed by atoms with Crippen molar-refractivity contribution in [1.29, 1.82) is 0 Å². The highest BCUT2D eigenvalue weighted by molar-refractivity contribution is 5.48. The first kappa shape index (κ1) is 17.6. The van der Waals surface area contributed by atoms with Crippen LogP contribution in [0.15, 0.2) is 0 Å². The number of hydrogen-bond donors (Lipinski definition) is 0. The quantitative estimate of drug-likeness (QED) is 0.798. The second kappa shape index (κ2) is 8.11. The molecule has 21 heavy (non-hydrogen) atoms. The molecule has 0 unspecified atom stereocenters. The number of hydrogen-bond acceptors (Lipinski definition) is 3. The zero-order valence-electron chi connectivity index (χ0n) is 14.3. The first-order valence-corrected chi connectivity index (χ1v) is 8.11. The lowest BCUT2D eigenvalue weighted by Crippen LogP contribution is -2.22. The van der Waals surface area contributed by atoms with Gasteiger partial charge in [-0.15, -0.1) is 0 Å². The molecule has 118 valence electrons. The minimum atomic E-state index is 0.341. The zero-order chi connectivity index (χ0) is 16.0. The van der Waals surface area contributed by atoms with Crippen LogP contribution in [0.1, 0.15) is 82.6 Å². The molecule has 0 bridgehead atoms. The predicted octanol–water partition coefficient (Wildman–Crippen LogP) is 3.65. The van der Waals surface area contributed by atoms with Crippen molar-refractivity contribution in [2.24, 2.45) is 0 Å². The molecule has 0 saturated heterocycles. The second-order valence-corrected chi connectivity index (χ2v) is 5.88. The van der Waals surface area contributed by atoms with Crippen molar-refractivity contribution in [2.75, 3.05) is 6.54 Å². The first-order valence-electron chi connectivity index (χ1n) is 8.11. The van der Waals surface area contributed by atoms with Gasteiger partial charge in [0, 0.05) is 30.3 Å². The van der Waals surface area contributed by atoms with E-state index in [9.17, 15) is 4.79 Å². The van der Waals surface area contributed by atoms with Crippen molar-refractivity contribution in [3.05, 3.63) is 22.8 Å². The molecular formula is C17H29N3O. The summed E-state index contributed by atoms with van der Waals surface area (Å²) in [6, 6.07) is 0. The lowest BCUT2D eigenvalue weighted by molar-refractivity contribution is -0.118. The van der Waals surface area contributed by atoms with E-state index in [0.717, 1.165) is 43.0 Å². The summed E-state index contributed by atoms with van der Waals surface area (Å²) in [5.41, 5.74) is 3.43. The summed E-state index contributed by atoms with van der Waals surface area (Å²) in [6.45, 7) is 14.0. The fourth-order valence-corrected chi connectivity index (χ4v) is 2.51. The van der Waals surface area contributed by atoms with Gasteiger partial charge in [0.25, 0.3) is 0 Å². The number of aryl methyl sites for hydroxylation is 1. The van der Waals surface area contributed by atoms with Crippen LogP contribution in [0, 0.1) is 0 Å². The molecule has 2 heterocycles. The summed E-state index contributed by atoms with van der Waals surface area (Å²) in [6.07, 6.45) is 2.87. The van der Waals surface area contributed by atoms with E-state index in [1.807, 2.05) is 18.7 Å². The molecule has 1 aliphatic heterocycles. The number of carbonyl (C=O) groups is 1. The van der Waals surface area contributed by atoms with Crippen molar-refractivity contribution in [3.63, 3.8) is 0 Å². The smallest absolute Gasteiger partial charge is 0.210 e. The average Bonchev–Trinajstić information content (AvgIpc) is 2.69. The molecule has 1 amide bonds. The minimum Gasteiger partial charge on any atom is -0.341 e. The van der Waals surface area contributed by atoms with Crippen LogP contribution in [-0.4, -0.2) is 27.8 Å². The van der Waals surface area contributed by atoms with Gasteiger partial charge >= 0.3 is 0 Å². The van der Waals surface area contributed by atoms with E-state index in [0.29, 0.717) is 18.4 Å². The van der Waals surface area contributed by atoms with Crippen molar-refractivity contribution in [2.45, 2.75) is 72.8 Å². The third kappa shape index (κ3) is 4.26. The number of amides is 1. The molecule has 0 N–H and O–H groups in total. The lowest BCUT2D eigenvalue weighted by atomic mass is 10.00. The summed E-state index contributed by atoms with van der Waals surface area (Å²) < 4.78 is 0. The van der Waals surface area contributed by atoms with Crippen LogP contribution in [0.25, 0.3) is 0 Å². The molecular weight excluding hydrogens is 262 g/mol. The standard InChI is InChI=1S/C15H23N3O.C2H6/c1-10(2)14-12-8-18(9-19)7-5-6-13(12)16-15(17-14)11(3)4;1-2/h9-11H,5-8H2,1-4H3;1-2H3. The van der Waals surface area contributed by atoms with E-state index in [2.05, 4.69) is 27.7 Å². The molecule has 4 heteroatoms. The Balaban J connectivity index is 0.00000106. The summed E-state index contributed by atoms with van der Waals surface area (Å²) in [4.78, 5) is 22.4. The summed E-state index contributed by atoms with van der Waals surface area (Å²) in [7, 11) is 0. The molecule has 0 spiro atoms. The Hall–Kier alpha value is -1.45. The Morgan fingerprint density at radius 2 is 1.76 bits per heavy atom. The number of aromatic nitrogens is 2. The fourth-order valence-electron chi connectivity index (χ4n) is 2.51. The minimum absolute atomic E-state index is 0.341. The third-order valence-electron chi connectivity index (χ3n) is 3.57. The number of rotatable bonds is 3. The van der Waals surface area contributed by atoms with Crippen molar-refractivity contribution in [1.82, 2.24) is 14.9 Å². The van der Waals surface area contributed by atoms with Crippen LogP contribution in [0.2, 0.25) is 0 Å². The first-order chi connectivity index (χ1) is 10.0. The van der Waals surface area contributed by atoms with Gasteiger partial charge in [0.2, 0.25) is 6.41 Å². The van der Waals surface area contributed by atoms with Gasteiger partial charge in [0.05, 0.1) is 5.69 Å². The van der Waals surface area contributed by atoms with Crippen molar-refractivity contribution in [3.8, 4) is 0 Å². The van der Waals surface area contributed by atoms with Crippen LogP contribution in [-0.2, 0) is 17.8 Å². The molecule has 0 aliphatic carbocycles. The van der Waals surface area contributed by atoms with Crippen molar-refractivity contribution < 1.29 is 4.79 Å². The van der Waals surface area contributed by atoms with E-state index in [4.69, 9.17) is 9.97 Å². The van der Waals surface area contributed by atoms with Gasteiger partial charge in [-0.25, -0.2) is 9.97 Å². The number of nitrogens with zero attached hydrogens (tertiary/aromatic N) is 3. The maximum Gasteiger partial charge on any atom is 0.210 e. The topological polar surface area (TPSA) is 46.1 Å². The van der Waals surface area contributed by atoms with Gasteiger partial charge in [0.15, 0.2) is 0 Å². The van der Waals surface area contributed by atoms with Crippen LogP contribution in [0.3, 0.4) is 0 Å². The Labute approximate surface area is 129 Å². The summed E-state index contributed by atoms with van der Waals surface area (Å²) in [5, 5.41) is 0. The molecule has 0 atom stereocenters.